The third-order valence-corrected chi connectivity index (χ3v) is 2.49. The molecule has 0 fully saturated rings. The van der Waals surface area contributed by atoms with Crippen LogP contribution in [0.2, 0.25) is 5.02 Å². The van der Waals surface area contributed by atoms with E-state index in [0.29, 0.717) is 11.6 Å². The monoisotopic (exact) mass is 277 g/mol. The first-order chi connectivity index (χ1) is 6.74. The number of hydrogen-bond donors (Lipinski definition) is 1. The summed E-state index contributed by atoms with van der Waals surface area (Å²) in [6.45, 7) is 4.48. The van der Waals surface area contributed by atoms with E-state index in [9.17, 15) is 0 Å². The molecule has 0 saturated carbocycles. The standard InChI is InChI=1S/C10H13BrClNO/c1-2-13-5-6-14-10-7-8(11)3-4-9(10)12/h3-4,7,13H,2,5-6H2,1H3. The second-order valence-corrected chi connectivity index (χ2v) is 4.10. The van der Waals surface area contributed by atoms with Crippen LogP contribution in [0.15, 0.2) is 22.7 Å². The van der Waals surface area contributed by atoms with E-state index in [-0.39, 0.29) is 0 Å². The van der Waals surface area contributed by atoms with Crippen LogP contribution in [-0.4, -0.2) is 19.7 Å². The molecule has 2 nitrogen and oxygen atoms in total. The number of hydrogen-bond acceptors (Lipinski definition) is 2. The van der Waals surface area contributed by atoms with Crippen LogP contribution in [0.5, 0.6) is 5.75 Å². The van der Waals surface area contributed by atoms with Crippen LogP contribution < -0.4 is 10.1 Å². The fourth-order valence-corrected chi connectivity index (χ4v) is 1.51. The van der Waals surface area contributed by atoms with E-state index in [0.717, 1.165) is 23.3 Å². The number of halogens is 2. The van der Waals surface area contributed by atoms with E-state index in [2.05, 4.69) is 28.2 Å². The summed E-state index contributed by atoms with van der Waals surface area (Å²) in [5.41, 5.74) is 0. The van der Waals surface area contributed by atoms with Gasteiger partial charge in [-0.2, -0.15) is 0 Å². The van der Waals surface area contributed by atoms with Gasteiger partial charge in [0.05, 0.1) is 5.02 Å². The van der Waals surface area contributed by atoms with Crippen LogP contribution in [0.3, 0.4) is 0 Å². The molecule has 0 aliphatic heterocycles. The van der Waals surface area contributed by atoms with Gasteiger partial charge in [-0.25, -0.2) is 0 Å². The molecular formula is C10H13BrClNO. The fraction of sp³-hybridized carbons (Fsp3) is 0.400. The number of ether oxygens (including phenoxy) is 1. The first-order valence-electron chi connectivity index (χ1n) is 4.52. The van der Waals surface area contributed by atoms with Crippen molar-refractivity contribution >= 4 is 27.5 Å². The molecule has 0 aliphatic rings. The van der Waals surface area contributed by atoms with E-state index < -0.39 is 0 Å². The van der Waals surface area contributed by atoms with Crippen molar-refractivity contribution in [1.29, 1.82) is 0 Å². The molecule has 78 valence electrons. The number of rotatable bonds is 5. The summed E-state index contributed by atoms with van der Waals surface area (Å²) < 4.78 is 6.47. The van der Waals surface area contributed by atoms with E-state index in [1.54, 1.807) is 0 Å². The van der Waals surface area contributed by atoms with Crippen molar-refractivity contribution in [2.75, 3.05) is 19.7 Å². The third-order valence-electron chi connectivity index (χ3n) is 1.68. The molecule has 1 aromatic rings. The van der Waals surface area contributed by atoms with Gasteiger partial charge in [0.25, 0.3) is 0 Å². The van der Waals surface area contributed by atoms with E-state index in [1.165, 1.54) is 0 Å². The Morgan fingerprint density at radius 1 is 1.50 bits per heavy atom. The highest BCUT2D eigenvalue weighted by Crippen LogP contribution is 2.27. The SMILES string of the molecule is CCNCCOc1cc(Br)ccc1Cl. The summed E-state index contributed by atoms with van der Waals surface area (Å²) in [7, 11) is 0. The Balaban J connectivity index is 2.45. The molecule has 4 heteroatoms. The minimum atomic E-state index is 0.629. The van der Waals surface area contributed by atoms with Crippen LogP contribution in [0, 0.1) is 0 Å². The van der Waals surface area contributed by atoms with Gasteiger partial charge in [0, 0.05) is 11.0 Å². The topological polar surface area (TPSA) is 21.3 Å². The smallest absolute Gasteiger partial charge is 0.139 e. The molecule has 0 unspecified atom stereocenters. The van der Waals surface area contributed by atoms with Crippen molar-refractivity contribution in [3.63, 3.8) is 0 Å². The van der Waals surface area contributed by atoms with Gasteiger partial charge in [-0.1, -0.05) is 34.5 Å². The molecule has 0 spiro atoms. The van der Waals surface area contributed by atoms with Gasteiger partial charge < -0.3 is 10.1 Å². The average molecular weight is 279 g/mol. The Morgan fingerprint density at radius 2 is 2.29 bits per heavy atom. The van der Waals surface area contributed by atoms with Gasteiger partial charge in [-0.15, -0.1) is 0 Å². The van der Waals surface area contributed by atoms with E-state index in [4.69, 9.17) is 16.3 Å². The van der Waals surface area contributed by atoms with Crippen molar-refractivity contribution < 1.29 is 4.74 Å². The van der Waals surface area contributed by atoms with Crippen LogP contribution >= 0.6 is 27.5 Å². The van der Waals surface area contributed by atoms with Crippen LogP contribution in [0.1, 0.15) is 6.92 Å². The number of nitrogens with one attached hydrogen (secondary N) is 1. The highest BCUT2D eigenvalue weighted by Gasteiger charge is 2.01. The zero-order valence-corrected chi connectivity index (χ0v) is 10.4. The Kier molecular flexibility index (Phi) is 5.30. The molecule has 0 heterocycles. The summed E-state index contributed by atoms with van der Waals surface area (Å²) in [5, 5.41) is 3.82. The molecule has 0 aromatic heterocycles. The van der Waals surface area contributed by atoms with Gasteiger partial charge in [-0.3, -0.25) is 0 Å². The Labute approximate surface area is 97.7 Å². The average Bonchev–Trinajstić information content (AvgIpc) is 2.18. The lowest BCUT2D eigenvalue weighted by molar-refractivity contribution is 0.315. The van der Waals surface area contributed by atoms with Gasteiger partial charge in [0.1, 0.15) is 12.4 Å². The minimum Gasteiger partial charge on any atom is -0.491 e. The number of likely N-dealkylation sites (N-methyl/N-ethyl adjacent to an activating group) is 1. The lowest BCUT2D eigenvalue weighted by Gasteiger charge is -2.08. The van der Waals surface area contributed by atoms with Gasteiger partial charge in [0.2, 0.25) is 0 Å². The molecule has 1 N–H and O–H groups in total. The van der Waals surface area contributed by atoms with Crippen LogP contribution in [-0.2, 0) is 0 Å². The zero-order chi connectivity index (χ0) is 10.4. The first-order valence-corrected chi connectivity index (χ1v) is 5.69. The quantitative estimate of drug-likeness (QED) is 0.836. The van der Waals surface area contributed by atoms with Gasteiger partial charge in [0.15, 0.2) is 0 Å². The van der Waals surface area contributed by atoms with Crippen molar-refractivity contribution in [3.8, 4) is 5.75 Å². The molecule has 0 bridgehead atoms. The highest BCUT2D eigenvalue weighted by atomic mass is 79.9. The van der Waals surface area contributed by atoms with Gasteiger partial charge in [-0.05, 0) is 24.7 Å². The molecule has 1 aromatic carbocycles. The van der Waals surface area contributed by atoms with Crippen molar-refractivity contribution in [3.05, 3.63) is 27.7 Å². The molecule has 14 heavy (non-hydrogen) atoms. The lowest BCUT2D eigenvalue weighted by Crippen LogP contribution is -2.20. The first kappa shape index (κ1) is 11.8. The summed E-state index contributed by atoms with van der Waals surface area (Å²) in [6, 6.07) is 5.57. The van der Waals surface area contributed by atoms with Crippen molar-refractivity contribution in [2.24, 2.45) is 0 Å². The van der Waals surface area contributed by atoms with E-state index in [1.807, 2.05) is 18.2 Å². The van der Waals surface area contributed by atoms with Crippen molar-refractivity contribution in [2.45, 2.75) is 6.92 Å². The maximum absolute atomic E-state index is 5.94. The zero-order valence-electron chi connectivity index (χ0n) is 8.02. The van der Waals surface area contributed by atoms with Gasteiger partial charge >= 0.3 is 0 Å². The predicted octanol–water partition coefficient (Wildman–Crippen LogP) is 3.09. The summed E-state index contributed by atoms with van der Waals surface area (Å²) >= 11 is 9.31. The van der Waals surface area contributed by atoms with Crippen LogP contribution in [0.4, 0.5) is 0 Å². The molecule has 0 amide bonds. The Bertz CT molecular complexity index is 293. The Hall–Kier alpha value is -0.250. The summed E-state index contributed by atoms with van der Waals surface area (Å²) in [5.74, 6) is 0.721. The molecule has 0 radical (unpaired) electrons. The molecular weight excluding hydrogens is 265 g/mol. The Morgan fingerprint density at radius 3 is 3.00 bits per heavy atom. The van der Waals surface area contributed by atoms with Crippen molar-refractivity contribution in [1.82, 2.24) is 5.32 Å². The summed E-state index contributed by atoms with van der Waals surface area (Å²) in [4.78, 5) is 0. The molecule has 0 saturated heterocycles. The van der Waals surface area contributed by atoms with E-state index >= 15 is 0 Å². The third kappa shape index (κ3) is 3.86. The van der Waals surface area contributed by atoms with Crippen LogP contribution in [0.25, 0.3) is 0 Å². The summed E-state index contributed by atoms with van der Waals surface area (Å²) in [6.07, 6.45) is 0. The largest absolute Gasteiger partial charge is 0.491 e. The molecule has 0 atom stereocenters. The molecule has 1 rings (SSSR count). The lowest BCUT2D eigenvalue weighted by atomic mass is 10.3. The maximum atomic E-state index is 5.94. The normalized spacial score (nSPS) is 10.2. The second kappa shape index (κ2) is 6.27. The predicted molar refractivity (Wildman–Crippen MR) is 63.2 cm³/mol. The maximum Gasteiger partial charge on any atom is 0.139 e. The molecule has 0 aliphatic carbocycles. The fourth-order valence-electron chi connectivity index (χ4n) is 0.998. The second-order valence-electron chi connectivity index (χ2n) is 2.78. The highest BCUT2D eigenvalue weighted by molar-refractivity contribution is 9.10. The minimum absolute atomic E-state index is 0.629. The number of benzene rings is 1.